The van der Waals surface area contributed by atoms with E-state index in [1.165, 1.54) is 6.07 Å². The van der Waals surface area contributed by atoms with E-state index in [1.54, 1.807) is 25.3 Å². The van der Waals surface area contributed by atoms with Crippen LogP contribution in [0.4, 0.5) is 14.5 Å². The molecular formula is C15H13F2NO2. The molecule has 0 aliphatic rings. The van der Waals surface area contributed by atoms with Crippen LogP contribution in [0.15, 0.2) is 36.4 Å². The monoisotopic (exact) mass is 277 g/mol. The maximum absolute atomic E-state index is 13.1. The Morgan fingerprint density at radius 1 is 1.10 bits per heavy atom. The Hall–Kier alpha value is -2.43. The molecule has 0 aliphatic carbocycles. The molecule has 0 saturated carbocycles. The first kappa shape index (κ1) is 14.0. The molecular weight excluding hydrogens is 264 g/mol. The van der Waals surface area contributed by atoms with Gasteiger partial charge in [0, 0.05) is 17.3 Å². The van der Waals surface area contributed by atoms with Crippen molar-refractivity contribution in [1.29, 1.82) is 0 Å². The molecule has 2 rings (SSSR count). The number of hydrogen-bond acceptors (Lipinski definition) is 2. The maximum atomic E-state index is 13.1. The molecule has 0 unspecified atom stereocenters. The molecule has 5 heteroatoms. The maximum Gasteiger partial charge on any atom is 0.255 e. The molecule has 0 radical (unpaired) electrons. The lowest BCUT2D eigenvalue weighted by Crippen LogP contribution is -2.12. The molecule has 0 aromatic heterocycles. The molecule has 2 aromatic carbocycles. The summed E-state index contributed by atoms with van der Waals surface area (Å²) in [5.41, 5.74) is 1.42. The Morgan fingerprint density at radius 3 is 2.45 bits per heavy atom. The molecule has 1 N–H and O–H groups in total. The van der Waals surface area contributed by atoms with E-state index in [9.17, 15) is 13.6 Å². The summed E-state index contributed by atoms with van der Waals surface area (Å²) >= 11 is 0. The van der Waals surface area contributed by atoms with Crippen LogP contribution in [-0.2, 0) is 0 Å². The fraction of sp³-hybridized carbons (Fsp3) is 0.133. The van der Waals surface area contributed by atoms with Crippen LogP contribution in [0, 0.1) is 18.6 Å². The molecule has 0 saturated heterocycles. The largest absolute Gasteiger partial charge is 0.496 e. The lowest BCUT2D eigenvalue weighted by atomic mass is 10.1. The first-order valence-corrected chi connectivity index (χ1v) is 5.92. The number of methoxy groups -OCH3 is 1. The second-order valence-corrected chi connectivity index (χ2v) is 4.27. The lowest BCUT2D eigenvalue weighted by molar-refractivity contribution is 0.102. The van der Waals surface area contributed by atoms with Crippen molar-refractivity contribution in [2.45, 2.75) is 6.92 Å². The molecule has 20 heavy (non-hydrogen) atoms. The van der Waals surface area contributed by atoms with Gasteiger partial charge in [-0.25, -0.2) is 8.78 Å². The van der Waals surface area contributed by atoms with Crippen molar-refractivity contribution in [2.24, 2.45) is 0 Å². The highest BCUT2D eigenvalue weighted by Crippen LogP contribution is 2.20. The number of benzene rings is 2. The lowest BCUT2D eigenvalue weighted by Gasteiger charge is -2.08. The number of ether oxygens (including phenoxy) is 1. The minimum atomic E-state index is -1.01. The normalized spacial score (nSPS) is 10.2. The van der Waals surface area contributed by atoms with Crippen molar-refractivity contribution in [3.05, 3.63) is 59.2 Å². The number of nitrogens with one attached hydrogen (secondary N) is 1. The van der Waals surface area contributed by atoms with Gasteiger partial charge in [0.25, 0.3) is 5.91 Å². The Labute approximate surface area is 115 Å². The number of rotatable bonds is 3. The van der Waals surface area contributed by atoms with Gasteiger partial charge in [0.15, 0.2) is 11.6 Å². The fourth-order valence-electron chi connectivity index (χ4n) is 1.80. The van der Waals surface area contributed by atoms with Crippen LogP contribution in [0.2, 0.25) is 0 Å². The van der Waals surface area contributed by atoms with Gasteiger partial charge in [0.1, 0.15) is 5.75 Å². The van der Waals surface area contributed by atoms with E-state index in [0.717, 1.165) is 17.7 Å². The summed E-state index contributed by atoms with van der Waals surface area (Å²) in [5, 5.41) is 2.50. The zero-order valence-electron chi connectivity index (χ0n) is 11.0. The first-order chi connectivity index (χ1) is 9.51. The molecule has 0 atom stereocenters. The van der Waals surface area contributed by atoms with E-state index in [2.05, 4.69) is 5.32 Å². The van der Waals surface area contributed by atoms with Crippen molar-refractivity contribution < 1.29 is 18.3 Å². The van der Waals surface area contributed by atoms with Crippen molar-refractivity contribution in [3.8, 4) is 5.75 Å². The van der Waals surface area contributed by atoms with Crippen LogP contribution in [0.3, 0.4) is 0 Å². The average molecular weight is 277 g/mol. The van der Waals surface area contributed by atoms with Crippen LogP contribution in [0.1, 0.15) is 15.9 Å². The number of halogens is 2. The van der Waals surface area contributed by atoms with E-state index >= 15 is 0 Å². The molecule has 0 fully saturated rings. The number of anilines is 1. The van der Waals surface area contributed by atoms with Crippen molar-refractivity contribution >= 4 is 11.6 Å². The highest BCUT2D eigenvalue weighted by Gasteiger charge is 2.10. The molecule has 104 valence electrons. The fourth-order valence-corrected chi connectivity index (χ4v) is 1.80. The standard InChI is InChI=1S/C15H13F2NO2/c1-9-7-10(3-6-14(9)20-2)15(19)18-11-4-5-12(16)13(17)8-11/h3-8H,1-2H3,(H,18,19). The topological polar surface area (TPSA) is 38.3 Å². The van der Waals surface area contributed by atoms with E-state index in [4.69, 9.17) is 4.74 Å². The zero-order valence-corrected chi connectivity index (χ0v) is 11.0. The average Bonchev–Trinajstić information content (AvgIpc) is 2.42. The molecule has 0 heterocycles. The summed E-state index contributed by atoms with van der Waals surface area (Å²) in [6.07, 6.45) is 0. The number of aryl methyl sites for hydroxylation is 1. The minimum absolute atomic E-state index is 0.197. The first-order valence-electron chi connectivity index (χ1n) is 5.92. The number of hydrogen-bond donors (Lipinski definition) is 1. The van der Waals surface area contributed by atoms with Crippen molar-refractivity contribution in [2.75, 3.05) is 12.4 Å². The summed E-state index contributed by atoms with van der Waals surface area (Å²) in [4.78, 5) is 12.0. The van der Waals surface area contributed by atoms with E-state index in [0.29, 0.717) is 11.3 Å². The highest BCUT2D eigenvalue weighted by atomic mass is 19.2. The number of carbonyl (C=O) groups excluding carboxylic acids is 1. The molecule has 0 aliphatic heterocycles. The van der Waals surface area contributed by atoms with E-state index in [1.807, 2.05) is 6.92 Å². The Bertz CT molecular complexity index is 656. The summed E-state index contributed by atoms with van der Waals surface area (Å²) in [7, 11) is 1.55. The predicted octanol–water partition coefficient (Wildman–Crippen LogP) is 3.53. The van der Waals surface area contributed by atoms with Gasteiger partial charge >= 0.3 is 0 Å². The van der Waals surface area contributed by atoms with Gasteiger partial charge in [0.05, 0.1) is 7.11 Å². The van der Waals surface area contributed by atoms with Gasteiger partial charge in [0.2, 0.25) is 0 Å². The van der Waals surface area contributed by atoms with Crippen molar-refractivity contribution in [1.82, 2.24) is 0 Å². The van der Waals surface area contributed by atoms with Gasteiger partial charge in [-0.3, -0.25) is 4.79 Å². The summed E-state index contributed by atoms with van der Waals surface area (Å²) in [6.45, 7) is 1.81. The number of amides is 1. The van der Waals surface area contributed by atoms with Crippen LogP contribution in [0.25, 0.3) is 0 Å². The summed E-state index contributed by atoms with van der Waals surface area (Å²) < 4.78 is 30.9. The van der Waals surface area contributed by atoms with Gasteiger partial charge < -0.3 is 10.1 Å². The number of carbonyl (C=O) groups is 1. The smallest absolute Gasteiger partial charge is 0.255 e. The zero-order chi connectivity index (χ0) is 14.7. The van der Waals surface area contributed by atoms with Crippen LogP contribution in [0.5, 0.6) is 5.75 Å². The Morgan fingerprint density at radius 2 is 1.85 bits per heavy atom. The molecule has 2 aromatic rings. The van der Waals surface area contributed by atoms with Crippen LogP contribution < -0.4 is 10.1 Å². The van der Waals surface area contributed by atoms with Crippen molar-refractivity contribution in [3.63, 3.8) is 0 Å². The third kappa shape index (κ3) is 2.93. The van der Waals surface area contributed by atoms with Gasteiger partial charge in [-0.2, -0.15) is 0 Å². The van der Waals surface area contributed by atoms with E-state index < -0.39 is 17.5 Å². The molecule has 3 nitrogen and oxygen atoms in total. The third-order valence-corrected chi connectivity index (χ3v) is 2.83. The molecule has 1 amide bonds. The quantitative estimate of drug-likeness (QED) is 0.932. The predicted molar refractivity (Wildman–Crippen MR) is 72.0 cm³/mol. The van der Waals surface area contributed by atoms with Crippen LogP contribution >= 0.6 is 0 Å². The van der Waals surface area contributed by atoms with Gasteiger partial charge in [-0.15, -0.1) is 0 Å². The third-order valence-electron chi connectivity index (χ3n) is 2.83. The Balaban J connectivity index is 2.19. The SMILES string of the molecule is COc1ccc(C(=O)Nc2ccc(F)c(F)c2)cc1C. The van der Waals surface area contributed by atoms with Gasteiger partial charge in [-0.05, 0) is 42.8 Å². The van der Waals surface area contributed by atoms with Crippen LogP contribution in [-0.4, -0.2) is 13.0 Å². The second-order valence-electron chi connectivity index (χ2n) is 4.27. The van der Waals surface area contributed by atoms with E-state index in [-0.39, 0.29) is 5.69 Å². The minimum Gasteiger partial charge on any atom is -0.496 e. The molecule has 0 bridgehead atoms. The highest BCUT2D eigenvalue weighted by molar-refractivity contribution is 6.04. The second kappa shape index (κ2) is 5.69. The summed E-state index contributed by atoms with van der Waals surface area (Å²) in [5.74, 6) is -1.69. The van der Waals surface area contributed by atoms with Gasteiger partial charge in [-0.1, -0.05) is 0 Å². The Kier molecular flexibility index (Phi) is 3.98. The summed E-state index contributed by atoms with van der Waals surface area (Å²) in [6, 6.07) is 8.13. The molecule has 0 spiro atoms.